The molecule has 2 unspecified atom stereocenters. The normalized spacial score (nSPS) is 23.1. The van der Waals surface area contributed by atoms with E-state index in [0.717, 1.165) is 28.0 Å². The van der Waals surface area contributed by atoms with E-state index in [1.54, 1.807) is 7.11 Å². The number of carbonyl (C=O) groups excluding carboxylic acids is 2. The van der Waals surface area contributed by atoms with E-state index in [0.29, 0.717) is 16.8 Å². The summed E-state index contributed by atoms with van der Waals surface area (Å²) < 4.78 is 11.3. The van der Waals surface area contributed by atoms with Crippen molar-refractivity contribution in [2.75, 3.05) is 12.4 Å². The van der Waals surface area contributed by atoms with Gasteiger partial charge in [0.25, 0.3) is 5.91 Å². The Labute approximate surface area is 230 Å². The molecular formula is C34H35NO4. The van der Waals surface area contributed by atoms with Crippen LogP contribution in [0.25, 0.3) is 5.57 Å². The molecule has 0 spiro atoms. The van der Waals surface area contributed by atoms with Crippen molar-refractivity contribution in [1.82, 2.24) is 0 Å². The number of hydrogen-bond acceptors (Lipinski definition) is 4. The lowest BCUT2D eigenvalue weighted by Gasteiger charge is -2.43. The zero-order valence-electron chi connectivity index (χ0n) is 23.4. The maximum absolute atomic E-state index is 14.2. The van der Waals surface area contributed by atoms with E-state index in [2.05, 4.69) is 39.9 Å². The number of esters is 1. The minimum absolute atomic E-state index is 0.137. The second-order valence-corrected chi connectivity index (χ2v) is 11.2. The third kappa shape index (κ3) is 3.82. The summed E-state index contributed by atoms with van der Waals surface area (Å²) in [4.78, 5) is 28.2. The largest absolute Gasteiger partial charge is 0.497 e. The van der Waals surface area contributed by atoms with Crippen molar-refractivity contribution in [2.24, 2.45) is 16.2 Å². The van der Waals surface area contributed by atoms with Gasteiger partial charge in [0.15, 0.2) is 0 Å². The second kappa shape index (κ2) is 9.57. The fraction of sp³-hybridized carbons (Fsp3) is 0.294. The Kier molecular flexibility index (Phi) is 6.50. The van der Waals surface area contributed by atoms with E-state index in [1.807, 2.05) is 84.9 Å². The van der Waals surface area contributed by atoms with Gasteiger partial charge >= 0.3 is 5.97 Å². The Morgan fingerprint density at radius 3 is 1.95 bits per heavy atom. The Hall–Kier alpha value is -4.12. The number of para-hydroxylation sites is 1. The van der Waals surface area contributed by atoms with E-state index in [4.69, 9.17) is 9.47 Å². The van der Waals surface area contributed by atoms with E-state index in [1.165, 1.54) is 0 Å². The van der Waals surface area contributed by atoms with Gasteiger partial charge in [-0.15, -0.1) is 0 Å². The quantitative estimate of drug-likeness (QED) is 0.334. The molecule has 5 nitrogen and oxygen atoms in total. The average molecular weight is 522 g/mol. The summed E-state index contributed by atoms with van der Waals surface area (Å²) >= 11 is 0. The van der Waals surface area contributed by atoms with Crippen LogP contribution in [0.1, 0.15) is 45.7 Å². The Morgan fingerprint density at radius 1 is 0.769 bits per heavy atom. The standard InChI is InChI=1S/C34H35NO4/c1-22-27(24-17-19-26(38-6)20-18-24)34(5)28(30(36)35-25-15-11-8-12-16-25)29(33(22,4)32(34,2)3)31(37)39-21-23-13-9-7-10-14-23/h7-20H,21H2,1-6H3,(H,35,36). The van der Waals surface area contributed by atoms with E-state index in [-0.39, 0.29) is 12.5 Å². The highest BCUT2D eigenvalue weighted by atomic mass is 16.5. The molecule has 0 heterocycles. The minimum Gasteiger partial charge on any atom is -0.497 e. The number of fused-ring (bicyclic) bond motifs is 2. The fourth-order valence-corrected chi connectivity index (χ4v) is 6.76. The molecule has 0 saturated carbocycles. The van der Waals surface area contributed by atoms with Crippen molar-refractivity contribution >= 4 is 23.1 Å². The summed E-state index contributed by atoms with van der Waals surface area (Å²) in [5.41, 5.74) is 3.63. The monoisotopic (exact) mass is 521 g/mol. The summed E-state index contributed by atoms with van der Waals surface area (Å²) in [5.74, 6) is 0.0220. The number of rotatable bonds is 7. The molecule has 3 aromatic rings. The van der Waals surface area contributed by atoms with Crippen LogP contribution in [0.3, 0.4) is 0 Å². The molecule has 1 amide bonds. The van der Waals surface area contributed by atoms with Gasteiger partial charge in [-0.1, -0.05) is 93.9 Å². The van der Waals surface area contributed by atoms with Crippen molar-refractivity contribution in [3.05, 3.63) is 113 Å². The molecule has 1 N–H and O–H groups in total. The van der Waals surface area contributed by atoms with Gasteiger partial charge in [-0.25, -0.2) is 4.79 Å². The molecule has 0 aliphatic heterocycles. The van der Waals surface area contributed by atoms with Crippen molar-refractivity contribution in [3.8, 4) is 5.75 Å². The van der Waals surface area contributed by atoms with Crippen LogP contribution in [0, 0.1) is 16.2 Å². The average Bonchev–Trinajstić information content (AvgIpc) is 3.16. The molecule has 0 saturated heterocycles. The number of methoxy groups -OCH3 is 1. The predicted octanol–water partition coefficient (Wildman–Crippen LogP) is 7.21. The number of benzene rings is 3. The van der Waals surface area contributed by atoms with Crippen LogP contribution in [0.4, 0.5) is 5.69 Å². The molecule has 2 aliphatic rings. The highest BCUT2D eigenvalue weighted by Gasteiger charge is 2.72. The van der Waals surface area contributed by atoms with E-state index < -0.39 is 22.2 Å². The molecule has 2 aliphatic carbocycles. The number of nitrogens with one attached hydrogen (secondary N) is 1. The molecule has 2 bridgehead atoms. The number of anilines is 1. The summed E-state index contributed by atoms with van der Waals surface area (Å²) in [6, 6.07) is 26.9. The first-order valence-electron chi connectivity index (χ1n) is 13.3. The van der Waals surface area contributed by atoms with Gasteiger partial charge in [0.05, 0.1) is 12.7 Å². The van der Waals surface area contributed by atoms with Gasteiger partial charge in [0, 0.05) is 22.1 Å². The van der Waals surface area contributed by atoms with Crippen LogP contribution in [0.5, 0.6) is 5.75 Å². The summed E-state index contributed by atoms with van der Waals surface area (Å²) in [5, 5.41) is 3.07. The first-order chi connectivity index (χ1) is 18.6. The topological polar surface area (TPSA) is 64.6 Å². The first-order valence-corrected chi connectivity index (χ1v) is 13.3. The SMILES string of the molecule is COc1ccc(C2=C(C)C3(C)C(C(=O)OCc4ccccc4)=C(C(=O)Nc4ccccc4)C2(C)C3(C)C)cc1. The molecule has 39 heavy (non-hydrogen) atoms. The van der Waals surface area contributed by atoms with Crippen molar-refractivity contribution in [2.45, 2.75) is 41.2 Å². The Balaban J connectivity index is 1.66. The lowest BCUT2D eigenvalue weighted by atomic mass is 9.59. The van der Waals surface area contributed by atoms with Gasteiger partial charge in [-0.3, -0.25) is 4.79 Å². The first kappa shape index (κ1) is 26.5. The molecule has 200 valence electrons. The molecule has 0 radical (unpaired) electrons. The van der Waals surface area contributed by atoms with Gasteiger partial charge in [-0.05, 0) is 53.3 Å². The van der Waals surface area contributed by atoms with Gasteiger partial charge < -0.3 is 14.8 Å². The number of ether oxygens (including phenoxy) is 2. The minimum atomic E-state index is -0.764. The van der Waals surface area contributed by atoms with Crippen LogP contribution in [-0.4, -0.2) is 19.0 Å². The van der Waals surface area contributed by atoms with Crippen LogP contribution in [0.2, 0.25) is 0 Å². The van der Waals surface area contributed by atoms with E-state index >= 15 is 0 Å². The number of amides is 1. The third-order valence-electron chi connectivity index (χ3n) is 9.43. The lowest BCUT2D eigenvalue weighted by molar-refractivity contribution is -0.142. The van der Waals surface area contributed by atoms with Crippen LogP contribution in [-0.2, 0) is 20.9 Å². The van der Waals surface area contributed by atoms with Gasteiger partial charge in [-0.2, -0.15) is 0 Å². The van der Waals surface area contributed by atoms with Crippen molar-refractivity contribution in [3.63, 3.8) is 0 Å². The Bertz CT molecular complexity index is 1490. The van der Waals surface area contributed by atoms with Crippen LogP contribution in [0.15, 0.2) is 102 Å². The Morgan fingerprint density at radius 2 is 1.36 bits per heavy atom. The summed E-state index contributed by atoms with van der Waals surface area (Å²) in [6.45, 7) is 10.7. The zero-order valence-corrected chi connectivity index (χ0v) is 23.4. The molecule has 3 aromatic carbocycles. The summed E-state index contributed by atoms with van der Waals surface area (Å²) in [7, 11) is 1.64. The molecule has 5 rings (SSSR count). The lowest BCUT2D eigenvalue weighted by Crippen LogP contribution is -2.39. The number of allylic oxidation sites excluding steroid dienone is 2. The maximum atomic E-state index is 14.2. The number of hydrogen-bond donors (Lipinski definition) is 1. The highest BCUT2D eigenvalue weighted by molar-refractivity contribution is 6.15. The molecule has 5 heteroatoms. The van der Waals surface area contributed by atoms with Crippen molar-refractivity contribution in [1.29, 1.82) is 0 Å². The molecular weight excluding hydrogens is 486 g/mol. The smallest absolute Gasteiger partial charge is 0.335 e. The third-order valence-corrected chi connectivity index (χ3v) is 9.43. The second-order valence-electron chi connectivity index (χ2n) is 11.2. The summed E-state index contributed by atoms with van der Waals surface area (Å²) in [6.07, 6.45) is 0. The molecule has 2 atom stereocenters. The predicted molar refractivity (Wildman–Crippen MR) is 154 cm³/mol. The zero-order chi connectivity index (χ0) is 28.0. The highest BCUT2D eigenvalue weighted by Crippen LogP contribution is 2.77. The van der Waals surface area contributed by atoms with E-state index in [9.17, 15) is 9.59 Å². The molecule has 0 aromatic heterocycles. The fourth-order valence-electron chi connectivity index (χ4n) is 6.76. The number of carbonyl (C=O) groups is 2. The van der Waals surface area contributed by atoms with Crippen LogP contribution >= 0.6 is 0 Å². The van der Waals surface area contributed by atoms with Gasteiger partial charge in [0.2, 0.25) is 0 Å². The van der Waals surface area contributed by atoms with Crippen LogP contribution < -0.4 is 10.1 Å². The van der Waals surface area contributed by atoms with Gasteiger partial charge in [0.1, 0.15) is 12.4 Å². The van der Waals surface area contributed by atoms with Crippen molar-refractivity contribution < 1.29 is 19.1 Å². The molecule has 0 fully saturated rings. The maximum Gasteiger partial charge on any atom is 0.335 e.